The van der Waals surface area contributed by atoms with Gasteiger partial charge in [-0.1, -0.05) is 18.2 Å². The van der Waals surface area contributed by atoms with E-state index in [1.807, 2.05) is 38.1 Å². The van der Waals surface area contributed by atoms with E-state index in [-0.39, 0.29) is 11.7 Å². The Bertz CT molecular complexity index is 1270. The van der Waals surface area contributed by atoms with Crippen LogP contribution in [0.25, 0.3) is 11.3 Å². The van der Waals surface area contributed by atoms with Crippen molar-refractivity contribution in [3.05, 3.63) is 76.1 Å². The predicted molar refractivity (Wildman–Crippen MR) is 150 cm³/mol. The fourth-order valence-electron chi connectivity index (χ4n) is 4.56. The van der Waals surface area contributed by atoms with Gasteiger partial charge in [-0.15, -0.1) is 0 Å². The van der Waals surface area contributed by atoms with Crippen LogP contribution in [0.3, 0.4) is 0 Å². The number of halogens is 1. The summed E-state index contributed by atoms with van der Waals surface area (Å²) in [6.45, 7) is 5.99. The highest BCUT2D eigenvalue weighted by molar-refractivity contribution is 8.05. The van der Waals surface area contributed by atoms with Gasteiger partial charge in [-0.05, 0) is 99.6 Å². The van der Waals surface area contributed by atoms with E-state index in [1.54, 1.807) is 25.4 Å². The minimum Gasteiger partial charge on any atom is -0.439 e. The first-order chi connectivity index (χ1) is 17.9. The highest BCUT2D eigenvalue weighted by atomic mass is 32.2. The van der Waals surface area contributed by atoms with Crippen LogP contribution in [0.4, 0.5) is 10.3 Å². The van der Waals surface area contributed by atoms with Gasteiger partial charge in [0.1, 0.15) is 11.6 Å². The maximum atomic E-state index is 14.8. The third-order valence-electron chi connectivity index (χ3n) is 6.48. The number of hydrogen-bond donors (Lipinski definition) is 3. The number of anilines is 1. The second-order valence-corrected chi connectivity index (χ2v) is 10.1. The van der Waals surface area contributed by atoms with Crippen molar-refractivity contribution < 1.29 is 9.13 Å². The van der Waals surface area contributed by atoms with Gasteiger partial charge in [0.15, 0.2) is 0 Å². The second-order valence-electron chi connectivity index (χ2n) is 9.23. The predicted octanol–water partition coefficient (Wildman–Crippen LogP) is 6.27. The zero-order chi connectivity index (χ0) is 26.4. The summed E-state index contributed by atoms with van der Waals surface area (Å²) < 4.78 is 24.1. The zero-order valence-corrected chi connectivity index (χ0v) is 22.5. The van der Waals surface area contributed by atoms with E-state index in [0.717, 1.165) is 48.3 Å². The van der Waals surface area contributed by atoms with Crippen molar-refractivity contribution in [3.63, 3.8) is 0 Å². The van der Waals surface area contributed by atoms with Gasteiger partial charge < -0.3 is 20.4 Å². The number of likely N-dealkylation sites (tertiary alicyclic amines) is 1. The molecule has 1 fully saturated rings. The van der Waals surface area contributed by atoms with Gasteiger partial charge in [0.05, 0.1) is 10.6 Å². The summed E-state index contributed by atoms with van der Waals surface area (Å²) in [5, 5.41) is 10.5. The number of nitrogens with one attached hydrogen (secondary N) is 3. The number of nitrogens with zero attached hydrogens (tertiary/aromatic N) is 3. The molecule has 4 rings (SSSR count). The summed E-state index contributed by atoms with van der Waals surface area (Å²) in [6.07, 6.45) is 4.79. The topological polar surface area (TPSA) is 86.2 Å². The number of aryl methyl sites for hydroxylation is 2. The van der Waals surface area contributed by atoms with Crippen LogP contribution >= 0.6 is 11.9 Å². The molecular weight excluding hydrogens is 487 g/mol. The Morgan fingerprint density at radius 3 is 2.54 bits per heavy atom. The summed E-state index contributed by atoms with van der Waals surface area (Å²) in [5.41, 5.74) is 4.59. The van der Waals surface area contributed by atoms with Gasteiger partial charge in [-0.3, -0.25) is 4.72 Å². The number of piperidine rings is 1. The van der Waals surface area contributed by atoms with E-state index in [2.05, 4.69) is 27.0 Å². The Morgan fingerprint density at radius 2 is 1.86 bits per heavy atom. The van der Waals surface area contributed by atoms with Crippen molar-refractivity contribution >= 4 is 24.1 Å². The van der Waals surface area contributed by atoms with Crippen LogP contribution in [-0.2, 0) is 0 Å². The quantitative estimate of drug-likeness (QED) is 0.226. The lowest BCUT2D eigenvalue weighted by Crippen LogP contribution is -2.29. The lowest BCUT2D eigenvalue weighted by atomic mass is 9.89. The molecule has 0 atom stereocenters. The molecule has 0 spiro atoms. The molecule has 194 valence electrons. The Labute approximate surface area is 222 Å². The summed E-state index contributed by atoms with van der Waals surface area (Å²) in [7, 11) is 3.87. The van der Waals surface area contributed by atoms with Crippen LogP contribution in [-0.4, -0.2) is 48.3 Å². The average Bonchev–Trinajstić information content (AvgIpc) is 2.88. The summed E-state index contributed by atoms with van der Waals surface area (Å²) in [6, 6.07) is 12.8. The van der Waals surface area contributed by atoms with Crippen molar-refractivity contribution in [1.82, 2.24) is 20.2 Å². The minimum atomic E-state index is -0.199. The zero-order valence-electron chi connectivity index (χ0n) is 21.6. The smallest absolute Gasteiger partial charge is 0.237 e. The fraction of sp³-hybridized carbons (Fsp3) is 0.321. The van der Waals surface area contributed by atoms with E-state index in [4.69, 9.17) is 15.1 Å². The average molecular weight is 521 g/mol. The molecule has 2 aromatic carbocycles. The lowest BCUT2D eigenvalue weighted by Gasteiger charge is -2.29. The van der Waals surface area contributed by atoms with Crippen molar-refractivity contribution in [1.29, 1.82) is 5.41 Å². The van der Waals surface area contributed by atoms with Gasteiger partial charge >= 0.3 is 0 Å². The third kappa shape index (κ3) is 6.67. The molecule has 0 bridgehead atoms. The van der Waals surface area contributed by atoms with Gasteiger partial charge in [0.2, 0.25) is 11.8 Å². The van der Waals surface area contributed by atoms with E-state index in [1.165, 1.54) is 24.2 Å². The van der Waals surface area contributed by atoms with Gasteiger partial charge in [-0.25, -0.2) is 9.37 Å². The SMILES string of the molecule is CN/C=C(\C=N)SNc1nc(Oc2ccc(F)c(C3CCN(C)CC3)c2)cc(-c2c(C)cccc2C)n1. The molecule has 0 saturated carbocycles. The number of allylic oxidation sites excluding steroid dienone is 1. The molecule has 37 heavy (non-hydrogen) atoms. The number of ether oxygens (including phenoxy) is 1. The number of hydrogen-bond acceptors (Lipinski definition) is 8. The number of benzene rings is 2. The Morgan fingerprint density at radius 1 is 1.14 bits per heavy atom. The maximum absolute atomic E-state index is 14.8. The van der Waals surface area contributed by atoms with Crippen molar-refractivity contribution in [3.8, 4) is 22.9 Å². The van der Waals surface area contributed by atoms with Crippen LogP contribution in [0.1, 0.15) is 35.4 Å². The Balaban J connectivity index is 1.67. The van der Waals surface area contributed by atoms with Crippen molar-refractivity contribution in [2.24, 2.45) is 0 Å². The Kier molecular flexibility index (Phi) is 8.78. The first kappa shape index (κ1) is 26.6. The van der Waals surface area contributed by atoms with Crippen LogP contribution in [0, 0.1) is 25.1 Å². The van der Waals surface area contributed by atoms with Crippen molar-refractivity contribution in [2.75, 3.05) is 31.9 Å². The lowest BCUT2D eigenvalue weighted by molar-refractivity contribution is 0.253. The van der Waals surface area contributed by atoms with E-state index in [0.29, 0.717) is 28.0 Å². The fourth-order valence-corrected chi connectivity index (χ4v) is 5.09. The Hall–Kier alpha value is -3.43. The van der Waals surface area contributed by atoms with E-state index in [9.17, 15) is 4.39 Å². The molecule has 1 aliphatic rings. The van der Waals surface area contributed by atoms with Crippen LogP contribution in [0.5, 0.6) is 11.6 Å². The van der Waals surface area contributed by atoms with Gasteiger partial charge in [0, 0.05) is 31.1 Å². The molecule has 0 aliphatic carbocycles. The summed E-state index contributed by atoms with van der Waals surface area (Å²) in [4.78, 5) is 12.2. The van der Waals surface area contributed by atoms with Crippen molar-refractivity contribution in [2.45, 2.75) is 32.6 Å². The summed E-state index contributed by atoms with van der Waals surface area (Å²) >= 11 is 1.22. The molecule has 0 radical (unpaired) electrons. The molecule has 7 nitrogen and oxygen atoms in total. The maximum Gasteiger partial charge on any atom is 0.237 e. The van der Waals surface area contributed by atoms with E-state index >= 15 is 0 Å². The normalized spacial score (nSPS) is 14.9. The number of aromatic nitrogens is 2. The standard InChI is InChI=1S/C28H33FN6OS/c1-18-6-5-7-19(2)27(18)25-15-26(33-28(32-25)34-37-22(16-30)17-31-3)36-21-8-9-24(29)23(14-21)20-10-12-35(4)13-11-20/h5-9,14-17,20,30-31H,10-13H2,1-4H3,(H,32,33,34)/b22-17+,30-16?. The molecule has 3 aromatic rings. The third-order valence-corrected chi connectivity index (χ3v) is 7.23. The van der Waals surface area contributed by atoms with Crippen LogP contribution in [0.2, 0.25) is 0 Å². The number of rotatable bonds is 9. The molecule has 3 N–H and O–H groups in total. The molecule has 0 unspecified atom stereocenters. The van der Waals surface area contributed by atoms with Gasteiger partial charge in [-0.2, -0.15) is 4.98 Å². The molecule has 1 aromatic heterocycles. The monoisotopic (exact) mass is 520 g/mol. The molecule has 1 aliphatic heterocycles. The largest absolute Gasteiger partial charge is 0.439 e. The van der Waals surface area contributed by atoms with Crippen LogP contribution in [0.15, 0.2) is 53.6 Å². The van der Waals surface area contributed by atoms with E-state index < -0.39 is 0 Å². The molecular formula is C28H33FN6OS. The first-order valence-corrected chi connectivity index (χ1v) is 13.1. The molecule has 0 amide bonds. The second kappa shape index (κ2) is 12.2. The van der Waals surface area contributed by atoms with Crippen LogP contribution < -0.4 is 14.8 Å². The first-order valence-electron chi connectivity index (χ1n) is 12.3. The molecule has 9 heteroatoms. The minimum absolute atomic E-state index is 0.169. The molecule has 1 saturated heterocycles. The molecule has 2 heterocycles. The highest BCUT2D eigenvalue weighted by Gasteiger charge is 2.22. The van der Waals surface area contributed by atoms with Gasteiger partial charge in [0.25, 0.3) is 0 Å². The summed E-state index contributed by atoms with van der Waals surface area (Å²) in [5.74, 6) is 1.21. The highest BCUT2D eigenvalue weighted by Crippen LogP contribution is 2.35.